The van der Waals surface area contributed by atoms with E-state index in [-0.39, 0.29) is 23.3 Å². The second-order valence-corrected chi connectivity index (χ2v) is 7.63. The third-order valence-corrected chi connectivity index (χ3v) is 5.65. The lowest BCUT2D eigenvalue weighted by molar-refractivity contribution is -0.113. The summed E-state index contributed by atoms with van der Waals surface area (Å²) in [6.45, 7) is 1.76. The molecule has 0 bridgehead atoms. The Morgan fingerprint density at radius 1 is 1.33 bits per heavy atom. The Labute approximate surface area is 160 Å². The Hall–Kier alpha value is -2.61. The lowest BCUT2D eigenvalue weighted by Gasteiger charge is -2.18. The minimum Gasteiger partial charge on any atom is -0.360 e. The molecular weight excluding hydrogens is 364 g/mol. The molecule has 1 aliphatic rings. The molecule has 1 saturated carbocycles. The van der Waals surface area contributed by atoms with Gasteiger partial charge in [0.2, 0.25) is 5.91 Å². The van der Waals surface area contributed by atoms with E-state index >= 15 is 0 Å². The third kappa shape index (κ3) is 3.75. The summed E-state index contributed by atoms with van der Waals surface area (Å²) in [5.74, 6) is 0.944. The number of rotatable bonds is 5. The predicted octanol–water partition coefficient (Wildman–Crippen LogP) is 3.54. The summed E-state index contributed by atoms with van der Waals surface area (Å²) in [5.41, 5.74) is 0.634. The highest BCUT2D eigenvalue weighted by Gasteiger charge is 2.23. The predicted molar refractivity (Wildman–Crippen MR) is 104 cm³/mol. The lowest BCUT2D eigenvalue weighted by atomic mass is 10.2. The van der Waals surface area contributed by atoms with Gasteiger partial charge in [-0.05, 0) is 31.9 Å². The molecule has 3 aromatic rings. The van der Waals surface area contributed by atoms with Crippen LogP contribution in [0.5, 0.6) is 0 Å². The topological polar surface area (TPSA) is 90.0 Å². The normalized spacial score (nSPS) is 14.7. The second kappa shape index (κ2) is 7.56. The minimum atomic E-state index is -0.214. The maximum Gasteiger partial charge on any atom is 0.262 e. The highest BCUT2D eigenvalue weighted by molar-refractivity contribution is 7.99. The lowest BCUT2D eigenvalue weighted by Crippen LogP contribution is -2.27. The molecule has 8 heteroatoms. The highest BCUT2D eigenvalue weighted by atomic mass is 32.2. The van der Waals surface area contributed by atoms with E-state index in [1.165, 1.54) is 11.8 Å². The number of fused-ring (bicyclic) bond motifs is 1. The number of carbonyl (C=O) groups is 1. The number of carbonyl (C=O) groups excluding carboxylic acids is 1. The molecule has 27 heavy (non-hydrogen) atoms. The van der Waals surface area contributed by atoms with E-state index in [2.05, 4.69) is 15.5 Å². The second-order valence-electron chi connectivity index (χ2n) is 6.68. The van der Waals surface area contributed by atoms with Gasteiger partial charge in [-0.1, -0.05) is 41.9 Å². The number of benzene rings is 1. The summed E-state index contributed by atoms with van der Waals surface area (Å²) in [5, 5.41) is 7.67. The molecule has 0 saturated heterocycles. The Kier molecular flexibility index (Phi) is 4.98. The van der Waals surface area contributed by atoms with Crippen LogP contribution in [0.1, 0.15) is 37.5 Å². The van der Waals surface area contributed by atoms with Crippen LogP contribution in [0.2, 0.25) is 0 Å². The Balaban J connectivity index is 1.60. The molecule has 1 aromatic carbocycles. The first kappa shape index (κ1) is 17.8. The number of aryl methyl sites for hydroxylation is 1. The molecule has 0 atom stereocenters. The van der Waals surface area contributed by atoms with E-state index in [9.17, 15) is 9.59 Å². The van der Waals surface area contributed by atoms with Gasteiger partial charge in [-0.3, -0.25) is 14.2 Å². The number of thioether (sulfide) groups is 1. The van der Waals surface area contributed by atoms with E-state index in [1.807, 2.05) is 24.3 Å². The van der Waals surface area contributed by atoms with Gasteiger partial charge in [0.1, 0.15) is 5.76 Å². The van der Waals surface area contributed by atoms with Crippen molar-refractivity contribution in [3.63, 3.8) is 0 Å². The van der Waals surface area contributed by atoms with Crippen molar-refractivity contribution in [2.75, 3.05) is 11.1 Å². The first-order valence-corrected chi connectivity index (χ1v) is 9.97. The number of aromatic nitrogens is 3. The average Bonchev–Trinajstić information content (AvgIpc) is 3.32. The first-order valence-electron chi connectivity index (χ1n) is 8.99. The van der Waals surface area contributed by atoms with Crippen molar-refractivity contribution >= 4 is 34.4 Å². The number of nitrogens with zero attached hydrogens (tertiary/aromatic N) is 3. The van der Waals surface area contributed by atoms with E-state index in [4.69, 9.17) is 4.52 Å². The van der Waals surface area contributed by atoms with Crippen molar-refractivity contribution in [1.29, 1.82) is 0 Å². The molecule has 2 aromatic heterocycles. The fourth-order valence-corrected chi connectivity index (χ4v) is 4.31. The molecule has 0 unspecified atom stereocenters. The van der Waals surface area contributed by atoms with Crippen LogP contribution in [0, 0.1) is 6.92 Å². The van der Waals surface area contributed by atoms with Gasteiger partial charge in [-0.15, -0.1) is 0 Å². The van der Waals surface area contributed by atoms with Crippen molar-refractivity contribution in [3.05, 3.63) is 46.4 Å². The first-order chi connectivity index (χ1) is 13.1. The molecular formula is C19H20N4O3S. The van der Waals surface area contributed by atoms with Crippen molar-refractivity contribution in [3.8, 4) is 0 Å². The van der Waals surface area contributed by atoms with Gasteiger partial charge in [-0.25, -0.2) is 4.98 Å². The fraction of sp³-hybridized carbons (Fsp3) is 0.368. The Morgan fingerprint density at radius 2 is 2.11 bits per heavy atom. The zero-order chi connectivity index (χ0) is 18.8. The highest BCUT2D eigenvalue weighted by Crippen LogP contribution is 2.32. The molecule has 1 aliphatic carbocycles. The largest absolute Gasteiger partial charge is 0.360 e. The number of nitrogens with one attached hydrogen (secondary N) is 1. The van der Waals surface area contributed by atoms with Crippen LogP contribution in [0.3, 0.4) is 0 Å². The molecule has 1 amide bonds. The van der Waals surface area contributed by atoms with Crippen molar-refractivity contribution in [2.45, 2.75) is 43.8 Å². The van der Waals surface area contributed by atoms with Crippen LogP contribution in [0.15, 0.2) is 44.8 Å². The molecule has 4 rings (SSSR count). The number of hydrogen-bond donors (Lipinski definition) is 1. The molecule has 7 nitrogen and oxygen atoms in total. The van der Waals surface area contributed by atoms with Gasteiger partial charge in [0.15, 0.2) is 11.0 Å². The van der Waals surface area contributed by atoms with Gasteiger partial charge >= 0.3 is 0 Å². The van der Waals surface area contributed by atoms with E-state index in [0.717, 1.165) is 25.7 Å². The number of anilines is 1. The van der Waals surface area contributed by atoms with Crippen LogP contribution in [0.4, 0.5) is 5.82 Å². The van der Waals surface area contributed by atoms with Crippen molar-refractivity contribution in [2.24, 2.45) is 0 Å². The van der Waals surface area contributed by atoms with E-state index < -0.39 is 0 Å². The summed E-state index contributed by atoms with van der Waals surface area (Å²) in [6, 6.07) is 9.17. The maximum absolute atomic E-state index is 13.1. The molecule has 140 valence electrons. The van der Waals surface area contributed by atoms with Gasteiger partial charge < -0.3 is 9.84 Å². The van der Waals surface area contributed by atoms with E-state index in [0.29, 0.717) is 27.6 Å². The summed E-state index contributed by atoms with van der Waals surface area (Å²) in [4.78, 5) is 30.0. The average molecular weight is 384 g/mol. The zero-order valence-electron chi connectivity index (χ0n) is 15.0. The van der Waals surface area contributed by atoms with Gasteiger partial charge in [0.25, 0.3) is 5.56 Å². The Bertz CT molecular complexity index is 1040. The standard InChI is InChI=1S/C19H20N4O3S/c1-12-10-16(22-26-12)21-17(24)11-27-19-20-15-9-5-4-8-14(15)18(25)23(19)13-6-2-3-7-13/h4-5,8-10,13H,2-3,6-7,11H2,1H3,(H,21,22,24). The smallest absolute Gasteiger partial charge is 0.262 e. The van der Waals surface area contributed by atoms with Crippen molar-refractivity contribution in [1.82, 2.24) is 14.7 Å². The molecule has 1 fully saturated rings. The third-order valence-electron chi connectivity index (χ3n) is 4.69. The van der Waals surface area contributed by atoms with Crippen LogP contribution >= 0.6 is 11.8 Å². The quantitative estimate of drug-likeness (QED) is 0.534. The molecule has 1 N–H and O–H groups in total. The van der Waals surface area contributed by atoms with Crippen LogP contribution in [0.25, 0.3) is 10.9 Å². The van der Waals surface area contributed by atoms with Gasteiger partial charge in [-0.2, -0.15) is 0 Å². The summed E-state index contributed by atoms with van der Waals surface area (Å²) >= 11 is 1.28. The van der Waals surface area contributed by atoms with Gasteiger partial charge in [0.05, 0.1) is 16.7 Å². The maximum atomic E-state index is 13.1. The molecule has 0 aliphatic heterocycles. The molecule has 0 radical (unpaired) electrons. The summed E-state index contributed by atoms with van der Waals surface area (Å²) < 4.78 is 6.73. The fourth-order valence-electron chi connectivity index (χ4n) is 3.45. The van der Waals surface area contributed by atoms with Crippen LogP contribution in [-0.4, -0.2) is 26.4 Å². The minimum absolute atomic E-state index is 0.0254. The number of para-hydroxylation sites is 1. The SMILES string of the molecule is Cc1cc(NC(=O)CSc2nc3ccccc3c(=O)n2C2CCCC2)no1. The monoisotopic (exact) mass is 384 g/mol. The summed E-state index contributed by atoms with van der Waals surface area (Å²) in [6.07, 6.45) is 4.16. The summed E-state index contributed by atoms with van der Waals surface area (Å²) in [7, 11) is 0. The van der Waals surface area contributed by atoms with Gasteiger partial charge in [0, 0.05) is 12.1 Å². The van der Waals surface area contributed by atoms with E-state index in [1.54, 1.807) is 17.6 Å². The van der Waals surface area contributed by atoms with Crippen LogP contribution in [-0.2, 0) is 4.79 Å². The zero-order valence-corrected chi connectivity index (χ0v) is 15.8. The molecule has 0 spiro atoms. The Morgan fingerprint density at radius 3 is 2.85 bits per heavy atom. The number of amides is 1. The van der Waals surface area contributed by atoms with Crippen LogP contribution < -0.4 is 10.9 Å². The van der Waals surface area contributed by atoms with Crippen molar-refractivity contribution < 1.29 is 9.32 Å². The number of hydrogen-bond acceptors (Lipinski definition) is 6. The molecule has 2 heterocycles.